The van der Waals surface area contributed by atoms with Gasteiger partial charge >= 0.3 is 0 Å². The second-order valence-corrected chi connectivity index (χ2v) is 3.99. The molecule has 0 atom stereocenters. The number of likely N-dealkylation sites (N-methyl/N-ethyl adjacent to an activating group) is 2. The van der Waals surface area contributed by atoms with Crippen LogP contribution in [0.4, 0.5) is 5.82 Å². The fourth-order valence-corrected chi connectivity index (χ4v) is 1.83. The predicted octanol–water partition coefficient (Wildman–Crippen LogP) is 1.62. The van der Waals surface area contributed by atoms with Gasteiger partial charge in [-0.05, 0) is 27.3 Å². The number of anilines is 1. The second kappa shape index (κ2) is 7.87. The minimum absolute atomic E-state index is 0.626. The quantitative estimate of drug-likeness (QED) is 0.712. The summed E-state index contributed by atoms with van der Waals surface area (Å²) >= 11 is 0. The van der Waals surface area contributed by atoms with Crippen molar-refractivity contribution in [2.75, 3.05) is 37.7 Å². The lowest BCUT2D eigenvalue weighted by atomic mass is 10.3. The van der Waals surface area contributed by atoms with Crippen molar-refractivity contribution in [3.05, 3.63) is 11.9 Å². The molecule has 0 saturated carbocycles. The largest absolute Gasteiger partial charge is 0.478 e. The first-order valence-corrected chi connectivity index (χ1v) is 6.64. The van der Waals surface area contributed by atoms with E-state index >= 15 is 0 Å². The topological polar surface area (TPSA) is 50.3 Å². The summed E-state index contributed by atoms with van der Waals surface area (Å²) < 4.78 is 5.50. The van der Waals surface area contributed by atoms with Crippen LogP contribution in [0, 0.1) is 6.92 Å². The molecule has 5 heteroatoms. The highest BCUT2D eigenvalue weighted by Gasteiger charge is 2.13. The molecule has 0 unspecified atom stereocenters. The van der Waals surface area contributed by atoms with E-state index in [1.807, 2.05) is 13.8 Å². The van der Waals surface area contributed by atoms with Gasteiger partial charge < -0.3 is 15.0 Å². The van der Waals surface area contributed by atoms with Crippen LogP contribution in [0.15, 0.2) is 6.33 Å². The smallest absolute Gasteiger partial charge is 0.221 e. The third-order valence-corrected chi connectivity index (χ3v) is 2.78. The molecule has 0 saturated heterocycles. The van der Waals surface area contributed by atoms with Gasteiger partial charge in [-0.3, -0.25) is 0 Å². The highest BCUT2D eigenvalue weighted by molar-refractivity contribution is 5.50. The summed E-state index contributed by atoms with van der Waals surface area (Å²) in [7, 11) is 0. The molecule has 1 heterocycles. The molecule has 1 aromatic rings. The maximum Gasteiger partial charge on any atom is 0.221 e. The lowest BCUT2D eigenvalue weighted by Gasteiger charge is -2.24. The van der Waals surface area contributed by atoms with Crippen LogP contribution in [0.3, 0.4) is 0 Å². The maximum absolute atomic E-state index is 5.50. The van der Waals surface area contributed by atoms with Crippen molar-refractivity contribution in [3.63, 3.8) is 0 Å². The van der Waals surface area contributed by atoms with Gasteiger partial charge in [0.2, 0.25) is 5.88 Å². The van der Waals surface area contributed by atoms with E-state index in [9.17, 15) is 0 Å². The predicted molar refractivity (Wildman–Crippen MR) is 74.4 cm³/mol. The molecule has 0 aliphatic carbocycles. The van der Waals surface area contributed by atoms with Gasteiger partial charge in [-0.1, -0.05) is 6.92 Å². The Bertz CT molecular complexity index is 357. The molecule has 1 rings (SSSR count). The van der Waals surface area contributed by atoms with Crippen LogP contribution in [0.1, 0.15) is 26.3 Å². The molecule has 0 aliphatic rings. The molecule has 0 bridgehead atoms. The van der Waals surface area contributed by atoms with E-state index in [0.29, 0.717) is 12.5 Å². The monoisotopic (exact) mass is 252 g/mol. The van der Waals surface area contributed by atoms with Gasteiger partial charge in [0.1, 0.15) is 12.1 Å². The Hall–Kier alpha value is -1.36. The Labute approximate surface area is 110 Å². The zero-order valence-corrected chi connectivity index (χ0v) is 11.9. The number of ether oxygens (including phenoxy) is 1. The third kappa shape index (κ3) is 3.84. The van der Waals surface area contributed by atoms with Crippen LogP contribution >= 0.6 is 0 Å². The average molecular weight is 252 g/mol. The first-order valence-electron chi connectivity index (χ1n) is 6.64. The van der Waals surface area contributed by atoms with Crippen molar-refractivity contribution < 1.29 is 4.74 Å². The van der Waals surface area contributed by atoms with Crippen molar-refractivity contribution in [1.82, 2.24) is 15.3 Å². The Morgan fingerprint density at radius 1 is 1.28 bits per heavy atom. The molecule has 5 nitrogen and oxygen atoms in total. The van der Waals surface area contributed by atoms with Gasteiger partial charge in [0.05, 0.1) is 12.2 Å². The van der Waals surface area contributed by atoms with Crippen LogP contribution in [0.2, 0.25) is 0 Å². The molecule has 0 aromatic carbocycles. The van der Waals surface area contributed by atoms with Crippen LogP contribution in [0.5, 0.6) is 5.88 Å². The number of nitrogens with zero attached hydrogens (tertiary/aromatic N) is 3. The molecule has 0 fully saturated rings. The third-order valence-electron chi connectivity index (χ3n) is 2.78. The lowest BCUT2D eigenvalue weighted by Crippen LogP contribution is -2.33. The van der Waals surface area contributed by atoms with Gasteiger partial charge in [-0.15, -0.1) is 0 Å². The van der Waals surface area contributed by atoms with E-state index in [2.05, 4.69) is 34.0 Å². The summed E-state index contributed by atoms with van der Waals surface area (Å²) in [6, 6.07) is 0. The summed E-state index contributed by atoms with van der Waals surface area (Å²) in [6.45, 7) is 12.7. The second-order valence-electron chi connectivity index (χ2n) is 3.99. The van der Waals surface area contributed by atoms with Crippen molar-refractivity contribution in [3.8, 4) is 5.88 Å². The number of rotatable bonds is 8. The number of aromatic nitrogens is 2. The summed E-state index contributed by atoms with van der Waals surface area (Å²) in [5, 5.41) is 3.33. The fraction of sp³-hybridized carbons (Fsp3) is 0.692. The molecule has 0 aliphatic heterocycles. The maximum atomic E-state index is 5.50. The molecule has 102 valence electrons. The molecular formula is C13H24N4O. The Kier molecular flexibility index (Phi) is 6.43. The Morgan fingerprint density at radius 3 is 2.67 bits per heavy atom. The van der Waals surface area contributed by atoms with Crippen LogP contribution < -0.4 is 15.0 Å². The molecule has 0 spiro atoms. The van der Waals surface area contributed by atoms with E-state index in [1.54, 1.807) is 6.33 Å². The first-order chi connectivity index (χ1) is 8.74. The van der Waals surface area contributed by atoms with Crippen LogP contribution in [0.25, 0.3) is 0 Å². The van der Waals surface area contributed by atoms with Gasteiger partial charge in [0.15, 0.2) is 0 Å². The fourth-order valence-electron chi connectivity index (χ4n) is 1.83. The van der Waals surface area contributed by atoms with E-state index in [0.717, 1.165) is 37.6 Å². The average Bonchev–Trinajstić information content (AvgIpc) is 2.38. The van der Waals surface area contributed by atoms with Crippen molar-refractivity contribution >= 4 is 5.82 Å². The number of nitrogens with one attached hydrogen (secondary N) is 1. The van der Waals surface area contributed by atoms with Crippen LogP contribution in [-0.2, 0) is 0 Å². The normalized spacial score (nSPS) is 10.4. The minimum atomic E-state index is 0.626. The highest BCUT2D eigenvalue weighted by Crippen LogP contribution is 2.23. The Morgan fingerprint density at radius 2 is 2.06 bits per heavy atom. The summed E-state index contributed by atoms with van der Waals surface area (Å²) in [5.74, 6) is 1.65. The number of hydrogen-bond donors (Lipinski definition) is 1. The van der Waals surface area contributed by atoms with E-state index < -0.39 is 0 Å². The lowest BCUT2D eigenvalue weighted by molar-refractivity contribution is 0.323. The molecule has 18 heavy (non-hydrogen) atoms. The first kappa shape index (κ1) is 14.7. The van der Waals surface area contributed by atoms with Gasteiger partial charge in [0.25, 0.3) is 0 Å². The van der Waals surface area contributed by atoms with Gasteiger partial charge in [-0.25, -0.2) is 9.97 Å². The van der Waals surface area contributed by atoms with E-state index in [4.69, 9.17) is 4.74 Å². The van der Waals surface area contributed by atoms with Gasteiger partial charge in [0, 0.05) is 19.6 Å². The van der Waals surface area contributed by atoms with Crippen LogP contribution in [-0.4, -0.2) is 42.8 Å². The van der Waals surface area contributed by atoms with Gasteiger partial charge in [-0.2, -0.15) is 0 Å². The summed E-state index contributed by atoms with van der Waals surface area (Å²) in [5.41, 5.74) is 1.01. The summed E-state index contributed by atoms with van der Waals surface area (Å²) in [6.07, 6.45) is 1.57. The summed E-state index contributed by atoms with van der Waals surface area (Å²) in [4.78, 5) is 10.8. The molecular weight excluding hydrogens is 228 g/mol. The van der Waals surface area contributed by atoms with Crippen molar-refractivity contribution in [2.45, 2.75) is 27.7 Å². The van der Waals surface area contributed by atoms with Crippen molar-refractivity contribution in [2.24, 2.45) is 0 Å². The highest BCUT2D eigenvalue weighted by atomic mass is 16.5. The molecule has 0 radical (unpaired) electrons. The minimum Gasteiger partial charge on any atom is -0.478 e. The van der Waals surface area contributed by atoms with E-state index in [1.165, 1.54) is 0 Å². The standard InChI is InChI=1S/C13H24N4O/c1-5-14-8-9-17(6-2)12-11(4)13(18-7-3)16-10-15-12/h10,14H,5-9H2,1-4H3. The molecule has 1 aromatic heterocycles. The zero-order valence-electron chi connectivity index (χ0n) is 11.9. The Balaban J connectivity index is 2.81. The molecule has 1 N–H and O–H groups in total. The van der Waals surface area contributed by atoms with E-state index in [-0.39, 0.29) is 0 Å². The molecule has 0 amide bonds. The SMILES string of the molecule is CCNCCN(CC)c1ncnc(OCC)c1C. The van der Waals surface area contributed by atoms with Crippen molar-refractivity contribution in [1.29, 1.82) is 0 Å². The zero-order chi connectivity index (χ0) is 13.4. The number of hydrogen-bond acceptors (Lipinski definition) is 5.